The van der Waals surface area contributed by atoms with E-state index in [1.165, 1.54) is 0 Å². The minimum Gasteiger partial charge on any atom is -0.355 e. The molecular weight excluding hydrogens is 414 g/mol. The molecule has 0 saturated carbocycles. The highest BCUT2D eigenvalue weighted by molar-refractivity contribution is 5.94. The van der Waals surface area contributed by atoms with Gasteiger partial charge in [0.2, 0.25) is 0 Å². The number of nitrogens with one attached hydrogen (secondary N) is 2. The lowest BCUT2D eigenvalue weighted by Crippen LogP contribution is -2.35. The lowest BCUT2D eigenvalue weighted by molar-refractivity contribution is 0.0939. The van der Waals surface area contributed by atoms with Crippen LogP contribution in [0.25, 0.3) is 11.0 Å². The largest absolute Gasteiger partial charge is 0.355 e. The monoisotopic (exact) mass is 441 g/mol. The Morgan fingerprint density at radius 2 is 2.00 bits per heavy atom. The molecule has 2 atom stereocenters. The van der Waals surface area contributed by atoms with Crippen LogP contribution in [0.15, 0.2) is 67.3 Å². The molecule has 1 fully saturated rings. The maximum atomic E-state index is 12.7. The van der Waals surface area contributed by atoms with Crippen LogP contribution in [0.2, 0.25) is 0 Å². The van der Waals surface area contributed by atoms with E-state index in [9.17, 15) is 4.79 Å². The van der Waals surface area contributed by atoms with Crippen molar-refractivity contribution in [1.29, 1.82) is 0 Å². The minimum atomic E-state index is -0.126. The SMILES string of the molecule is C[C@@H](NC(=O)c1ccc(N(C)[C@@H]2CCN(c3ncnc4[nH]ccc34)C2)nc1)c1ccccc1. The van der Waals surface area contributed by atoms with Crippen molar-refractivity contribution in [2.45, 2.75) is 25.4 Å². The maximum absolute atomic E-state index is 12.7. The molecule has 33 heavy (non-hydrogen) atoms. The number of anilines is 2. The van der Waals surface area contributed by atoms with Crippen LogP contribution in [0.4, 0.5) is 11.6 Å². The van der Waals surface area contributed by atoms with Crippen molar-refractivity contribution >= 4 is 28.6 Å². The third-order valence-electron chi connectivity index (χ3n) is 6.36. The van der Waals surface area contributed by atoms with E-state index >= 15 is 0 Å². The van der Waals surface area contributed by atoms with Crippen LogP contribution < -0.4 is 15.1 Å². The molecule has 1 aromatic carbocycles. The zero-order valence-electron chi connectivity index (χ0n) is 18.8. The summed E-state index contributed by atoms with van der Waals surface area (Å²) in [4.78, 5) is 33.7. The summed E-state index contributed by atoms with van der Waals surface area (Å²) in [5.41, 5.74) is 2.48. The summed E-state index contributed by atoms with van der Waals surface area (Å²) in [6, 6.07) is 15.9. The van der Waals surface area contributed by atoms with Crippen LogP contribution in [-0.4, -0.2) is 52.0 Å². The van der Waals surface area contributed by atoms with Crippen molar-refractivity contribution in [2.24, 2.45) is 0 Å². The number of hydrogen-bond acceptors (Lipinski definition) is 6. The first-order valence-electron chi connectivity index (χ1n) is 11.2. The number of H-pyrrole nitrogens is 1. The van der Waals surface area contributed by atoms with E-state index < -0.39 is 0 Å². The van der Waals surface area contributed by atoms with Gasteiger partial charge in [0.05, 0.1) is 17.0 Å². The Balaban J connectivity index is 1.23. The van der Waals surface area contributed by atoms with E-state index in [4.69, 9.17) is 0 Å². The number of carbonyl (C=O) groups excluding carboxylic acids is 1. The van der Waals surface area contributed by atoms with E-state index in [-0.39, 0.29) is 11.9 Å². The van der Waals surface area contributed by atoms with Gasteiger partial charge in [0, 0.05) is 38.6 Å². The second-order valence-electron chi connectivity index (χ2n) is 8.45. The van der Waals surface area contributed by atoms with Crippen molar-refractivity contribution in [3.63, 3.8) is 0 Å². The standard InChI is InChI=1S/C25H27N7O/c1-17(18-6-4-3-5-7-18)30-25(33)19-8-9-22(27-14-19)31(2)20-11-13-32(15-20)24-21-10-12-26-23(21)28-16-29-24/h3-10,12,14,16-17,20H,11,13,15H2,1-2H3,(H,30,33)(H,26,28,29)/t17-,20-/m1/s1. The van der Waals surface area contributed by atoms with Crippen LogP contribution in [0.5, 0.6) is 0 Å². The van der Waals surface area contributed by atoms with Crippen molar-refractivity contribution in [1.82, 2.24) is 25.3 Å². The Morgan fingerprint density at radius 1 is 1.15 bits per heavy atom. The number of rotatable bonds is 6. The number of fused-ring (bicyclic) bond motifs is 1. The predicted molar refractivity (Wildman–Crippen MR) is 129 cm³/mol. The number of aromatic nitrogens is 4. The van der Waals surface area contributed by atoms with E-state index in [1.54, 1.807) is 12.5 Å². The number of nitrogens with zero attached hydrogens (tertiary/aromatic N) is 5. The molecule has 4 aromatic rings. The molecule has 0 bridgehead atoms. The van der Waals surface area contributed by atoms with E-state index in [2.05, 4.69) is 42.1 Å². The maximum Gasteiger partial charge on any atom is 0.253 e. The fourth-order valence-electron chi connectivity index (χ4n) is 4.38. The second kappa shape index (κ2) is 8.90. The molecule has 1 amide bonds. The molecule has 3 aromatic heterocycles. The van der Waals surface area contributed by atoms with Gasteiger partial charge in [0.15, 0.2) is 0 Å². The van der Waals surface area contributed by atoms with Gasteiger partial charge >= 0.3 is 0 Å². The summed E-state index contributed by atoms with van der Waals surface area (Å²) >= 11 is 0. The van der Waals surface area contributed by atoms with Gasteiger partial charge in [-0.2, -0.15) is 0 Å². The van der Waals surface area contributed by atoms with Crippen molar-refractivity contribution in [3.8, 4) is 0 Å². The van der Waals surface area contributed by atoms with E-state index in [0.717, 1.165) is 47.7 Å². The molecule has 5 rings (SSSR count). The van der Waals surface area contributed by atoms with Crippen molar-refractivity contribution in [2.75, 3.05) is 29.9 Å². The molecule has 0 spiro atoms. The van der Waals surface area contributed by atoms with Gasteiger partial charge in [-0.05, 0) is 37.1 Å². The topological polar surface area (TPSA) is 90.0 Å². The fourth-order valence-corrected chi connectivity index (χ4v) is 4.38. The molecule has 1 saturated heterocycles. The zero-order chi connectivity index (χ0) is 22.8. The summed E-state index contributed by atoms with van der Waals surface area (Å²) in [5, 5.41) is 4.08. The highest BCUT2D eigenvalue weighted by atomic mass is 16.1. The second-order valence-corrected chi connectivity index (χ2v) is 8.45. The van der Waals surface area contributed by atoms with Crippen molar-refractivity contribution in [3.05, 3.63) is 78.4 Å². The minimum absolute atomic E-state index is 0.0705. The number of aromatic amines is 1. The van der Waals surface area contributed by atoms with Crippen LogP contribution in [0.3, 0.4) is 0 Å². The molecule has 8 heteroatoms. The average molecular weight is 442 g/mol. The number of pyridine rings is 1. The first-order valence-corrected chi connectivity index (χ1v) is 11.2. The van der Waals surface area contributed by atoms with Gasteiger partial charge < -0.3 is 20.1 Å². The van der Waals surface area contributed by atoms with Gasteiger partial charge in [0.1, 0.15) is 23.6 Å². The predicted octanol–water partition coefficient (Wildman–Crippen LogP) is 3.56. The van der Waals surface area contributed by atoms with Crippen LogP contribution in [-0.2, 0) is 0 Å². The third kappa shape index (κ3) is 4.24. The molecular formula is C25H27N7O. The first-order chi connectivity index (χ1) is 16.1. The number of carbonyl (C=O) groups is 1. The quantitative estimate of drug-likeness (QED) is 0.476. The van der Waals surface area contributed by atoms with E-state index in [1.807, 2.05) is 61.7 Å². The Hall–Kier alpha value is -3.94. The molecule has 8 nitrogen and oxygen atoms in total. The summed E-state index contributed by atoms with van der Waals surface area (Å²) in [7, 11) is 2.06. The summed E-state index contributed by atoms with van der Waals surface area (Å²) in [5.74, 6) is 1.69. The zero-order valence-corrected chi connectivity index (χ0v) is 18.8. The Morgan fingerprint density at radius 3 is 2.79 bits per heavy atom. The Bertz CT molecular complexity index is 1240. The molecule has 0 unspecified atom stereocenters. The summed E-state index contributed by atoms with van der Waals surface area (Å²) in [6.07, 6.45) is 6.16. The number of benzene rings is 1. The van der Waals surface area contributed by atoms with Crippen molar-refractivity contribution < 1.29 is 4.79 Å². The summed E-state index contributed by atoms with van der Waals surface area (Å²) < 4.78 is 0. The van der Waals surface area contributed by atoms with Gasteiger partial charge in [0.25, 0.3) is 5.91 Å². The molecule has 0 radical (unpaired) electrons. The van der Waals surface area contributed by atoms with Crippen LogP contribution >= 0.6 is 0 Å². The van der Waals surface area contributed by atoms with E-state index in [0.29, 0.717) is 11.6 Å². The smallest absolute Gasteiger partial charge is 0.253 e. The van der Waals surface area contributed by atoms with Gasteiger partial charge in [-0.3, -0.25) is 4.79 Å². The normalized spacial score (nSPS) is 16.7. The number of hydrogen-bond donors (Lipinski definition) is 2. The lowest BCUT2D eigenvalue weighted by Gasteiger charge is -2.26. The molecule has 0 aliphatic carbocycles. The Labute approximate surface area is 192 Å². The fraction of sp³-hybridized carbons (Fsp3) is 0.280. The molecule has 4 heterocycles. The van der Waals surface area contributed by atoms with Gasteiger partial charge in [-0.15, -0.1) is 0 Å². The molecule has 2 N–H and O–H groups in total. The summed E-state index contributed by atoms with van der Waals surface area (Å²) in [6.45, 7) is 3.75. The lowest BCUT2D eigenvalue weighted by atomic mass is 10.1. The highest BCUT2D eigenvalue weighted by Gasteiger charge is 2.28. The highest BCUT2D eigenvalue weighted by Crippen LogP contribution is 2.28. The Kier molecular flexibility index (Phi) is 5.64. The molecule has 1 aliphatic rings. The van der Waals surface area contributed by atoms with Gasteiger partial charge in [-0.25, -0.2) is 15.0 Å². The third-order valence-corrected chi connectivity index (χ3v) is 6.36. The van der Waals surface area contributed by atoms with Gasteiger partial charge in [-0.1, -0.05) is 30.3 Å². The average Bonchev–Trinajstić information content (AvgIpc) is 3.54. The van der Waals surface area contributed by atoms with Crippen LogP contribution in [0, 0.1) is 0 Å². The molecule has 1 aliphatic heterocycles. The number of likely N-dealkylation sites (N-methyl/N-ethyl adjacent to an activating group) is 1. The first kappa shape index (κ1) is 20.9. The molecule has 168 valence electrons. The van der Waals surface area contributed by atoms with Crippen LogP contribution in [0.1, 0.15) is 35.3 Å². The number of amides is 1.